The second-order valence-corrected chi connectivity index (χ2v) is 4.92. The van der Waals surface area contributed by atoms with Crippen molar-refractivity contribution in [3.63, 3.8) is 0 Å². The maximum atomic E-state index is 11.2. The summed E-state index contributed by atoms with van der Waals surface area (Å²) < 4.78 is 4.65. The first kappa shape index (κ1) is 13.1. The molecule has 0 aliphatic rings. The van der Waals surface area contributed by atoms with Crippen molar-refractivity contribution < 1.29 is 9.53 Å². The highest BCUT2D eigenvalue weighted by Gasteiger charge is 2.12. The van der Waals surface area contributed by atoms with Crippen LogP contribution in [0.2, 0.25) is 0 Å². The third kappa shape index (κ3) is 3.57. The normalized spacial score (nSPS) is 10.8. The van der Waals surface area contributed by atoms with Crippen LogP contribution in [0.3, 0.4) is 0 Å². The molecule has 0 amide bonds. The van der Waals surface area contributed by atoms with Gasteiger partial charge in [-0.15, -0.1) is 11.3 Å². The zero-order valence-corrected chi connectivity index (χ0v) is 11.1. The molecule has 0 saturated carbocycles. The molecule has 0 aliphatic heterocycles. The number of rotatable bonds is 5. The fraction of sp³-hybridized carbons (Fsp3) is 0.636. The molecule has 0 unspecified atom stereocenters. The molecule has 0 fully saturated rings. The molecule has 1 aromatic heterocycles. The van der Waals surface area contributed by atoms with E-state index in [-0.39, 0.29) is 5.97 Å². The summed E-state index contributed by atoms with van der Waals surface area (Å²) in [4.78, 5) is 18.9. The van der Waals surface area contributed by atoms with E-state index in [9.17, 15) is 4.79 Å². The van der Waals surface area contributed by atoms with Gasteiger partial charge in [-0.25, -0.2) is 4.98 Å². The average molecular weight is 242 g/mol. The van der Waals surface area contributed by atoms with Gasteiger partial charge in [-0.1, -0.05) is 6.92 Å². The summed E-state index contributed by atoms with van der Waals surface area (Å²) in [5.41, 5.74) is 1.08. The fourth-order valence-corrected chi connectivity index (χ4v) is 2.30. The third-order valence-corrected chi connectivity index (χ3v) is 3.52. The lowest BCUT2D eigenvalue weighted by Gasteiger charge is -2.16. The smallest absolute Gasteiger partial charge is 0.319 e. The SMILES string of the molecule is CCN(CC(=O)OC)Cc1nc(C)c(C)s1. The molecule has 0 radical (unpaired) electrons. The molecule has 1 rings (SSSR count). The molecule has 0 saturated heterocycles. The lowest BCUT2D eigenvalue weighted by atomic mass is 10.4. The highest BCUT2D eigenvalue weighted by atomic mass is 32.1. The predicted molar refractivity (Wildman–Crippen MR) is 64.6 cm³/mol. The second-order valence-electron chi connectivity index (χ2n) is 3.63. The number of carbonyl (C=O) groups is 1. The molecule has 0 atom stereocenters. The molecule has 0 aliphatic carbocycles. The Morgan fingerprint density at radius 1 is 1.50 bits per heavy atom. The summed E-state index contributed by atoms with van der Waals surface area (Å²) in [6.07, 6.45) is 0. The zero-order valence-electron chi connectivity index (χ0n) is 10.2. The van der Waals surface area contributed by atoms with E-state index in [1.165, 1.54) is 12.0 Å². The van der Waals surface area contributed by atoms with Gasteiger partial charge in [0.2, 0.25) is 0 Å². The number of thiazole rings is 1. The molecule has 16 heavy (non-hydrogen) atoms. The summed E-state index contributed by atoms with van der Waals surface area (Å²) >= 11 is 1.69. The minimum atomic E-state index is -0.202. The van der Waals surface area contributed by atoms with E-state index in [1.54, 1.807) is 11.3 Å². The first-order valence-electron chi connectivity index (χ1n) is 5.28. The van der Waals surface area contributed by atoms with Gasteiger partial charge < -0.3 is 4.74 Å². The van der Waals surface area contributed by atoms with Gasteiger partial charge in [0.15, 0.2) is 0 Å². The molecule has 90 valence electrons. The van der Waals surface area contributed by atoms with Crippen molar-refractivity contribution in [3.05, 3.63) is 15.6 Å². The van der Waals surface area contributed by atoms with Crippen molar-refractivity contribution in [2.45, 2.75) is 27.3 Å². The van der Waals surface area contributed by atoms with Crippen molar-refractivity contribution in [1.29, 1.82) is 0 Å². The van der Waals surface area contributed by atoms with Crippen molar-refractivity contribution in [1.82, 2.24) is 9.88 Å². The van der Waals surface area contributed by atoms with Gasteiger partial charge in [0, 0.05) is 4.88 Å². The van der Waals surface area contributed by atoms with E-state index in [0.29, 0.717) is 13.1 Å². The molecule has 0 aromatic carbocycles. The highest BCUT2D eigenvalue weighted by Crippen LogP contribution is 2.17. The Morgan fingerprint density at radius 2 is 2.19 bits per heavy atom. The van der Waals surface area contributed by atoms with Crippen LogP contribution in [-0.4, -0.2) is 36.1 Å². The van der Waals surface area contributed by atoms with Crippen LogP contribution in [0.1, 0.15) is 22.5 Å². The van der Waals surface area contributed by atoms with Crippen molar-refractivity contribution in [3.8, 4) is 0 Å². The van der Waals surface area contributed by atoms with Gasteiger partial charge >= 0.3 is 5.97 Å². The Morgan fingerprint density at radius 3 is 2.62 bits per heavy atom. The fourth-order valence-electron chi connectivity index (χ4n) is 1.32. The number of carbonyl (C=O) groups excluding carboxylic acids is 1. The van der Waals surface area contributed by atoms with Gasteiger partial charge in [-0.05, 0) is 20.4 Å². The molecule has 0 spiro atoms. The number of ether oxygens (including phenoxy) is 1. The minimum Gasteiger partial charge on any atom is -0.468 e. The number of hydrogen-bond acceptors (Lipinski definition) is 5. The lowest BCUT2D eigenvalue weighted by Crippen LogP contribution is -2.29. The number of esters is 1. The first-order chi connectivity index (χ1) is 7.56. The Bertz CT molecular complexity index is 343. The van der Waals surface area contributed by atoms with Gasteiger partial charge in [0.1, 0.15) is 5.01 Å². The number of hydrogen-bond donors (Lipinski definition) is 0. The number of aryl methyl sites for hydroxylation is 2. The van der Waals surface area contributed by atoms with Crippen molar-refractivity contribution in [2.75, 3.05) is 20.2 Å². The standard InChI is InChI=1S/C11H18N2O2S/c1-5-13(7-11(14)15-4)6-10-12-8(2)9(3)16-10/h5-7H2,1-4H3. The Kier molecular flexibility index (Phi) is 4.89. The second kappa shape index (κ2) is 5.96. The topological polar surface area (TPSA) is 42.4 Å². The third-order valence-electron chi connectivity index (χ3n) is 2.46. The molecular formula is C11H18N2O2S. The summed E-state index contributed by atoms with van der Waals surface area (Å²) in [6.45, 7) is 7.94. The van der Waals surface area contributed by atoms with Crippen LogP contribution in [-0.2, 0) is 16.1 Å². The summed E-state index contributed by atoms with van der Waals surface area (Å²) in [6, 6.07) is 0. The van der Waals surface area contributed by atoms with Crippen LogP contribution < -0.4 is 0 Å². The van der Waals surface area contributed by atoms with E-state index >= 15 is 0 Å². The Balaban J connectivity index is 2.59. The summed E-state index contributed by atoms with van der Waals surface area (Å²) in [5.74, 6) is -0.202. The van der Waals surface area contributed by atoms with Crippen LogP contribution in [0.4, 0.5) is 0 Å². The molecule has 1 aromatic rings. The molecule has 1 heterocycles. The maximum absolute atomic E-state index is 11.2. The molecule has 5 heteroatoms. The Labute approximate surface area is 100 Å². The van der Waals surface area contributed by atoms with E-state index in [2.05, 4.69) is 16.6 Å². The number of aromatic nitrogens is 1. The largest absolute Gasteiger partial charge is 0.468 e. The van der Waals surface area contributed by atoms with Crippen LogP contribution >= 0.6 is 11.3 Å². The highest BCUT2D eigenvalue weighted by molar-refractivity contribution is 7.11. The average Bonchev–Trinajstić information content (AvgIpc) is 2.56. The van der Waals surface area contributed by atoms with Crippen molar-refractivity contribution in [2.24, 2.45) is 0 Å². The van der Waals surface area contributed by atoms with E-state index in [4.69, 9.17) is 0 Å². The van der Waals surface area contributed by atoms with E-state index in [0.717, 1.165) is 17.2 Å². The minimum absolute atomic E-state index is 0.202. The maximum Gasteiger partial charge on any atom is 0.319 e. The van der Waals surface area contributed by atoms with Crippen LogP contribution in [0.25, 0.3) is 0 Å². The first-order valence-corrected chi connectivity index (χ1v) is 6.10. The molecule has 4 nitrogen and oxygen atoms in total. The quantitative estimate of drug-likeness (QED) is 0.738. The van der Waals surface area contributed by atoms with Crippen molar-refractivity contribution >= 4 is 17.3 Å². The molecule has 0 bridgehead atoms. The van der Waals surface area contributed by atoms with Crippen LogP contribution in [0, 0.1) is 13.8 Å². The Hall–Kier alpha value is -0.940. The monoisotopic (exact) mass is 242 g/mol. The van der Waals surface area contributed by atoms with E-state index < -0.39 is 0 Å². The predicted octanol–water partition coefficient (Wildman–Crippen LogP) is 1.75. The van der Waals surface area contributed by atoms with Gasteiger partial charge in [0.05, 0.1) is 25.9 Å². The summed E-state index contributed by atoms with van der Waals surface area (Å²) in [7, 11) is 1.41. The van der Waals surface area contributed by atoms with Gasteiger partial charge in [-0.2, -0.15) is 0 Å². The van der Waals surface area contributed by atoms with Crippen LogP contribution in [0.15, 0.2) is 0 Å². The molecular weight excluding hydrogens is 224 g/mol. The number of nitrogens with zero attached hydrogens (tertiary/aromatic N) is 2. The van der Waals surface area contributed by atoms with Crippen LogP contribution in [0.5, 0.6) is 0 Å². The van der Waals surface area contributed by atoms with E-state index in [1.807, 2.05) is 18.7 Å². The van der Waals surface area contributed by atoms with Gasteiger partial charge in [0.25, 0.3) is 0 Å². The molecule has 0 N–H and O–H groups in total. The number of likely N-dealkylation sites (N-methyl/N-ethyl adjacent to an activating group) is 1. The number of methoxy groups -OCH3 is 1. The zero-order chi connectivity index (χ0) is 12.1. The van der Waals surface area contributed by atoms with Gasteiger partial charge in [-0.3, -0.25) is 9.69 Å². The summed E-state index contributed by atoms with van der Waals surface area (Å²) in [5, 5.41) is 1.06. The lowest BCUT2D eigenvalue weighted by molar-refractivity contribution is -0.142.